The van der Waals surface area contributed by atoms with Crippen molar-refractivity contribution < 1.29 is 19.1 Å². The second kappa shape index (κ2) is 5.52. The van der Waals surface area contributed by atoms with Crippen LogP contribution in [0.25, 0.3) is 10.9 Å². The van der Waals surface area contributed by atoms with Gasteiger partial charge in [-0.2, -0.15) is 0 Å². The zero-order valence-electron chi connectivity index (χ0n) is 10.3. The van der Waals surface area contributed by atoms with Crippen molar-refractivity contribution in [1.29, 1.82) is 0 Å². The molecule has 5 nitrogen and oxygen atoms in total. The molecule has 0 amide bonds. The van der Waals surface area contributed by atoms with E-state index in [4.69, 9.17) is 9.47 Å². The van der Waals surface area contributed by atoms with Gasteiger partial charge >= 0.3 is 11.9 Å². The molecule has 0 radical (unpaired) electrons. The number of rotatable bonds is 2. The van der Waals surface area contributed by atoms with E-state index in [1.54, 1.807) is 18.2 Å². The van der Waals surface area contributed by atoms with Crippen molar-refractivity contribution in [1.82, 2.24) is 4.98 Å². The van der Waals surface area contributed by atoms with Crippen LogP contribution >= 0.6 is 22.6 Å². The van der Waals surface area contributed by atoms with Crippen molar-refractivity contribution in [2.24, 2.45) is 0 Å². The van der Waals surface area contributed by atoms with Gasteiger partial charge < -0.3 is 9.47 Å². The summed E-state index contributed by atoms with van der Waals surface area (Å²) in [5.74, 6) is -0.594. The number of halogens is 1. The van der Waals surface area contributed by atoms with Crippen molar-refractivity contribution in [3.05, 3.63) is 28.0 Å². The molecule has 2 aromatic rings. The molecule has 2 rings (SSSR count). The molecular formula is C13H10INO4. The molecule has 0 N–H and O–H groups in total. The Labute approximate surface area is 123 Å². The van der Waals surface area contributed by atoms with Crippen LogP contribution in [0.2, 0.25) is 0 Å². The molecule has 98 valence electrons. The number of hydrogen-bond donors (Lipinski definition) is 0. The number of ether oxygens (including phenoxy) is 2. The van der Waals surface area contributed by atoms with Crippen molar-refractivity contribution in [3.8, 4) is 11.5 Å². The third-order valence-corrected chi connectivity index (χ3v) is 2.98. The number of pyridine rings is 1. The maximum absolute atomic E-state index is 11.2. The maximum Gasteiger partial charge on any atom is 0.308 e. The van der Waals surface area contributed by atoms with Crippen LogP contribution in [0.1, 0.15) is 13.8 Å². The highest BCUT2D eigenvalue weighted by Gasteiger charge is 2.19. The van der Waals surface area contributed by atoms with Gasteiger partial charge in [-0.3, -0.25) is 9.59 Å². The second-order valence-electron chi connectivity index (χ2n) is 3.77. The first-order valence-corrected chi connectivity index (χ1v) is 6.52. The number of para-hydroxylation sites is 1. The first-order valence-electron chi connectivity index (χ1n) is 5.44. The first-order chi connectivity index (χ1) is 8.99. The molecule has 1 heterocycles. The van der Waals surface area contributed by atoms with Crippen molar-refractivity contribution >= 4 is 45.4 Å². The van der Waals surface area contributed by atoms with Gasteiger partial charge in [0.05, 0.1) is 5.52 Å². The molecule has 19 heavy (non-hydrogen) atoms. The summed E-state index contributed by atoms with van der Waals surface area (Å²) in [6, 6.07) is 7.17. The Morgan fingerprint density at radius 2 is 1.63 bits per heavy atom. The van der Waals surface area contributed by atoms with Gasteiger partial charge in [0, 0.05) is 19.2 Å². The lowest BCUT2D eigenvalue weighted by atomic mass is 10.2. The van der Waals surface area contributed by atoms with Crippen LogP contribution in [0, 0.1) is 3.70 Å². The Bertz CT molecular complexity index is 669. The minimum atomic E-state index is -0.497. The van der Waals surface area contributed by atoms with E-state index in [-0.39, 0.29) is 11.5 Å². The minimum Gasteiger partial charge on any atom is -0.422 e. The molecule has 0 saturated heterocycles. The predicted molar refractivity (Wildman–Crippen MR) is 77.1 cm³/mol. The lowest BCUT2D eigenvalue weighted by Crippen LogP contribution is -2.09. The number of carbonyl (C=O) groups is 2. The fourth-order valence-electron chi connectivity index (χ4n) is 1.61. The van der Waals surface area contributed by atoms with Gasteiger partial charge in [0.25, 0.3) is 0 Å². The molecule has 0 saturated carbocycles. The molecule has 1 aromatic heterocycles. The fraction of sp³-hybridized carbons (Fsp3) is 0.154. The Balaban J connectivity index is 2.73. The average molecular weight is 371 g/mol. The summed E-state index contributed by atoms with van der Waals surface area (Å²) in [4.78, 5) is 26.7. The highest BCUT2D eigenvalue weighted by atomic mass is 127. The van der Waals surface area contributed by atoms with E-state index in [1.807, 2.05) is 28.7 Å². The van der Waals surface area contributed by atoms with E-state index in [0.29, 0.717) is 14.6 Å². The number of fused-ring (bicyclic) bond motifs is 1. The summed E-state index contributed by atoms with van der Waals surface area (Å²) >= 11 is 1.93. The number of hydrogen-bond acceptors (Lipinski definition) is 5. The smallest absolute Gasteiger partial charge is 0.308 e. The van der Waals surface area contributed by atoms with Crippen LogP contribution in [0.3, 0.4) is 0 Å². The molecule has 6 heteroatoms. The average Bonchev–Trinajstić information content (AvgIpc) is 2.32. The zero-order valence-corrected chi connectivity index (χ0v) is 12.4. The van der Waals surface area contributed by atoms with E-state index in [1.165, 1.54) is 13.8 Å². The third kappa shape index (κ3) is 3.01. The number of aromatic nitrogens is 1. The number of benzene rings is 1. The highest BCUT2D eigenvalue weighted by molar-refractivity contribution is 14.1. The second-order valence-corrected chi connectivity index (χ2v) is 4.79. The van der Waals surface area contributed by atoms with Gasteiger partial charge in [0.2, 0.25) is 5.75 Å². The first kappa shape index (κ1) is 13.7. The Kier molecular flexibility index (Phi) is 3.98. The quantitative estimate of drug-likeness (QED) is 0.462. The third-order valence-electron chi connectivity index (χ3n) is 2.25. The van der Waals surface area contributed by atoms with Crippen LogP contribution < -0.4 is 9.47 Å². The molecule has 1 aromatic carbocycles. The van der Waals surface area contributed by atoms with E-state index >= 15 is 0 Å². The Hall–Kier alpha value is -1.70. The monoisotopic (exact) mass is 371 g/mol. The van der Waals surface area contributed by atoms with Gasteiger partial charge in [-0.1, -0.05) is 12.1 Å². The predicted octanol–water partition coefficient (Wildman–Crippen LogP) is 2.69. The van der Waals surface area contributed by atoms with Crippen molar-refractivity contribution in [3.63, 3.8) is 0 Å². The largest absolute Gasteiger partial charge is 0.422 e. The highest BCUT2D eigenvalue weighted by Crippen LogP contribution is 2.38. The van der Waals surface area contributed by atoms with E-state index < -0.39 is 11.9 Å². The molecule has 0 fully saturated rings. The van der Waals surface area contributed by atoms with Crippen molar-refractivity contribution in [2.45, 2.75) is 13.8 Å². The number of esters is 2. The normalized spacial score (nSPS) is 10.3. The zero-order chi connectivity index (χ0) is 14.0. The van der Waals surface area contributed by atoms with Gasteiger partial charge in [-0.25, -0.2) is 4.98 Å². The molecule has 0 spiro atoms. The van der Waals surface area contributed by atoms with E-state index in [2.05, 4.69) is 4.98 Å². The summed E-state index contributed by atoms with van der Waals surface area (Å²) in [6.07, 6.45) is 0. The lowest BCUT2D eigenvalue weighted by molar-refractivity contribution is -0.134. The van der Waals surface area contributed by atoms with Gasteiger partial charge in [-0.15, -0.1) is 0 Å². The SMILES string of the molecule is CC(=O)Oc1c(I)nc2ccccc2c1OC(C)=O. The maximum atomic E-state index is 11.2. The van der Waals surface area contributed by atoms with Crippen LogP contribution in [0.5, 0.6) is 11.5 Å². The van der Waals surface area contributed by atoms with E-state index in [9.17, 15) is 9.59 Å². The number of nitrogens with zero attached hydrogens (tertiary/aromatic N) is 1. The molecule has 0 unspecified atom stereocenters. The molecule has 0 aliphatic carbocycles. The van der Waals surface area contributed by atoms with Gasteiger partial charge in [0.1, 0.15) is 3.70 Å². The molecule has 0 aliphatic heterocycles. The summed E-state index contributed by atoms with van der Waals surface area (Å²) in [5.41, 5.74) is 0.666. The Morgan fingerprint density at radius 3 is 2.26 bits per heavy atom. The molecule has 0 atom stereocenters. The standard InChI is InChI=1S/C13H10INO4/c1-7(16)18-11-9-5-3-4-6-10(9)15-13(14)12(11)19-8(2)17/h3-6H,1-2H3. The van der Waals surface area contributed by atoms with Crippen LogP contribution in [0.4, 0.5) is 0 Å². The Morgan fingerprint density at radius 1 is 1.05 bits per heavy atom. The summed E-state index contributed by atoms with van der Waals surface area (Å²) < 4.78 is 10.7. The van der Waals surface area contributed by atoms with Crippen LogP contribution in [-0.2, 0) is 9.59 Å². The van der Waals surface area contributed by atoms with Gasteiger partial charge in [-0.05, 0) is 34.7 Å². The molecule has 0 aliphatic rings. The summed E-state index contributed by atoms with van der Waals surface area (Å²) in [6.45, 7) is 2.57. The topological polar surface area (TPSA) is 65.5 Å². The number of carbonyl (C=O) groups excluding carboxylic acids is 2. The molecular weight excluding hydrogens is 361 g/mol. The molecule has 0 bridgehead atoms. The van der Waals surface area contributed by atoms with Gasteiger partial charge in [0.15, 0.2) is 5.75 Å². The summed E-state index contributed by atoms with van der Waals surface area (Å²) in [7, 11) is 0. The fourth-order valence-corrected chi connectivity index (χ4v) is 2.23. The van der Waals surface area contributed by atoms with E-state index in [0.717, 1.165) is 0 Å². The summed E-state index contributed by atoms with van der Waals surface area (Å²) in [5, 5.41) is 0.620. The van der Waals surface area contributed by atoms with Crippen molar-refractivity contribution in [2.75, 3.05) is 0 Å². The minimum absolute atomic E-state index is 0.169. The van der Waals surface area contributed by atoms with Crippen LogP contribution in [0.15, 0.2) is 24.3 Å². The lowest BCUT2D eigenvalue weighted by Gasteiger charge is -2.12. The van der Waals surface area contributed by atoms with Crippen LogP contribution in [-0.4, -0.2) is 16.9 Å².